The van der Waals surface area contributed by atoms with Crippen LogP contribution in [0, 0.1) is 0 Å². The van der Waals surface area contributed by atoms with Gasteiger partial charge in [0.05, 0.1) is 6.61 Å². The molecule has 0 saturated heterocycles. The molecule has 0 amide bonds. The lowest BCUT2D eigenvalue weighted by molar-refractivity contribution is -0.137. The van der Waals surface area contributed by atoms with Crippen molar-refractivity contribution < 1.29 is 29.3 Å². The number of aliphatic carboxylic acids is 2. The zero-order chi connectivity index (χ0) is 29.5. The summed E-state index contributed by atoms with van der Waals surface area (Å²) in [6.45, 7) is 9.31. The van der Waals surface area contributed by atoms with Gasteiger partial charge in [-0.15, -0.1) is 0 Å². The first-order chi connectivity index (χ1) is 19.1. The van der Waals surface area contributed by atoms with E-state index in [1.807, 2.05) is 19.1 Å². The molecule has 40 heavy (non-hydrogen) atoms. The van der Waals surface area contributed by atoms with Crippen molar-refractivity contribution in [3.8, 4) is 0 Å². The number of ether oxygens (including phenoxy) is 1. The first kappa shape index (κ1) is 32.6. The Labute approximate surface area is 241 Å². The van der Waals surface area contributed by atoms with E-state index < -0.39 is 11.9 Å². The van der Waals surface area contributed by atoms with Crippen LogP contribution in [0.3, 0.4) is 0 Å². The Kier molecular flexibility index (Phi) is 14.0. The van der Waals surface area contributed by atoms with Gasteiger partial charge in [0.25, 0.3) is 0 Å². The molecule has 2 aromatic carbocycles. The molecule has 0 atom stereocenters. The minimum absolute atomic E-state index is 0.270. The van der Waals surface area contributed by atoms with E-state index in [9.17, 15) is 14.4 Å². The maximum Gasteiger partial charge on any atom is 0.330 e. The molecule has 9 heteroatoms. The molecule has 0 radical (unpaired) electrons. The maximum absolute atomic E-state index is 11.5. The fraction of sp³-hybridized carbons (Fsp3) is 0.387. The summed E-state index contributed by atoms with van der Waals surface area (Å²) in [7, 11) is 0. The van der Waals surface area contributed by atoms with Gasteiger partial charge in [0.2, 0.25) is 0 Å². The highest BCUT2D eigenvalue weighted by molar-refractivity contribution is 6.30. The van der Waals surface area contributed by atoms with Crippen molar-refractivity contribution >= 4 is 40.9 Å². The van der Waals surface area contributed by atoms with Crippen molar-refractivity contribution in [1.82, 2.24) is 4.90 Å². The van der Waals surface area contributed by atoms with Gasteiger partial charge in [-0.25, -0.2) is 14.4 Å². The molecule has 0 aliphatic carbocycles. The van der Waals surface area contributed by atoms with Crippen molar-refractivity contribution in [1.29, 1.82) is 0 Å². The first-order valence-corrected chi connectivity index (χ1v) is 13.8. The average Bonchev–Trinajstić information content (AvgIpc) is 3.05. The molecule has 1 heterocycles. The van der Waals surface area contributed by atoms with Crippen LogP contribution in [0.4, 0.5) is 11.4 Å². The second-order valence-corrected chi connectivity index (χ2v) is 9.95. The summed E-state index contributed by atoms with van der Waals surface area (Å²) in [4.78, 5) is 35.5. The highest BCUT2D eigenvalue weighted by Crippen LogP contribution is 2.37. The van der Waals surface area contributed by atoms with E-state index in [1.54, 1.807) is 0 Å². The molecule has 3 rings (SSSR count). The molecule has 0 fully saturated rings. The summed E-state index contributed by atoms with van der Waals surface area (Å²) >= 11 is 6.38. The number of fused-ring (bicyclic) bond motifs is 2. The van der Waals surface area contributed by atoms with Gasteiger partial charge in [0.15, 0.2) is 0 Å². The molecule has 2 aromatic rings. The molecule has 1 aliphatic rings. The summed E-state index contributed by atoms with van der Waals surface area (Å²) < 4.78 is 4.97. The largest absolute Gasteiger partial charge is 0.478 e. The number of rotatable bonds is 12. The van der Waals surface area contributed by atoms with Gasteiger partial charge in [-0.2, -0.15) is 0 Å². The number of carboxylic acids is 2. The minimum atomic E-state index is -1.26. The SMILES string of the molecule is CCOC(=O)/C=C/CN(CCCCN1c2ccccc2CCc2ccc(Cl)cc21)C(C)C.O=C(O)/C=C\C(=O)O. The molecule has 2 N–H and O–H groups in total. The minimum Gasteiger partial charge on any atom is -0.478 e. The topological polar surface area (TPSA) is 107 Å². The van der Waals surface area contributed by atoms with Crippen LogP contribution in [0.2, 0.25) is 5.02 Å². The van der Waals surface area contributed by atoms with E-state index >= 15 is 0 Å². The van der Waals surface area contributed by atoms with E-state index in [0.29, 0.717) is 24.8 Å². The van der Waals surface area contributed by atoms with Gasteiger partial charge in [-0.3, -0.25) is 4.90 Å². The number of nitrogens with zero attached hydrogens (tertiary/aromatic N) is 2. The number of benzene rings is 2. The lowest BCUT2D eigenvalue weighted by Gasteiger charge is -2.28. The lowest BCUT2D eigenvalue weighted by atomic mass is 10.0. The maximum atomic E-state index is 11.5. The molecule has 0 unspecified atom stereocenters. The van der Waals surface area contributed by atoms with Gasteiger partial charge >= 0.3 is 17.9 Å². The molecule has 0 saturated carbocycles. The molecule has 1 aliphatic heterocycles. The Morgan fingerprint density at radius 1 is 0.975 bits per heavy atom. The molecule has 0 aromatic heterocycles. The van der Waals surface area contributed by atoms with Crippen LogP contribution in [0.5, 0.6) is 0 Å². The fourth-order valence-electron chi connectivity index (χ4n) is 4.39. The second-order valence-electron chi connectivity index (χ2n) is 9.51. The standard InChI is InChI=1S/C27H35ClN2O2.C4H4O4/c1-4-32-27(31)12-9-18-29(21(2)3)17-7-8-19-30-25-11-6-5-10-22(25)13-14-23-15-16-24(28)20-26(23)30;5-3(6)1-2-4(7)8/h5-6,9-12,15-16,20-21H,4,7-8,13-14,17-19H2,1-3H3;1-2H,(H,5,6)(H,7,8)/b12-9+;2-1-. The Balaban J connectivity index is 0.000000611. The van der Waals surface area contributed by atoms with Crippen LogP contribution in [-0.4, -0.2) is 65.3 Å². The molecule has 0 bridgehead atoms. The van der Waals surface area contributed by atoms with Crippen molar-refractivity contribution in [3.63, 3.8) is 0 Å². The quantitative estimate of drug-likeness (QED) is 0.184. The molecular formula is C31H39ClN2O6. The van der Waals surface area contributed by atoms with Crippen molar-refractivity contribution in [3.05, 3.63) is 82.9 Å². The van der Waals surface area contributed by atoms with Crippen LogP contribution >= 0.6 is 11.6 Å². The van der Waals surface area contributed by atoms with Gasteiger partial charge in [-0.05, 0) is 82.3 Å². The van der Waals surface area contributed by atoms with Crippen LogP contribution in [0.1, 0.15) is 44.7 Å². The van der Waals surface area contributed by atoms with Gasteiger partial charge in [-0.1, -0.05) is 41.9 Å². The number of halogens is 1. The van der Waals surface area contributed by atoms with E-state index in [4.69, 9.17) is 26.6 Å². The van der Waals surface area contributed by atoms with E-state index in [0.717, 1.165) is 50.3 Å². The number of esters is 1. The average molecular weight is 571 g/mol. The highest BCUT2D eigenvalue weighted by Gasteiger charge is 2.20. The zero-order valence-corrected chi connectivity index (χ0v) is 24.1. The third-order valence-corrected chi connectivity index (χ3v) is 6.58. The van der Waals surface area contributed by atoms with E-state index in [-0.39, 0.29) is 5.97 Å². The smallest absolute Gasteiger partial charge is 0.330 e. The molecule has 216 valence electrons. The number of carbonyl (C=O) groups is 3. The van der Waals surface area contributed by atoms with Crippen molar-refractivity contribution in [2.45, 2.75) is 52.5 Å². The molecule has 0 spiro atoms. The van der Waals surface area contributed by atoms with Crippen LogP contribution in [-0.2, 0) is 32.0 Å². The summed E-state index contributed by atoms with van der Waals surface area (Å²) in [6.07, 6.45) is 8.80. The fourth-order valence-corrected chi connectivity index (χ4v) is 4.55. The lowest BCUT2D eigenvalue weighted by Crippen LogP contribution is -2.32. The molecular weight excluding hydrogens is 532 g/mol. The van der Waals surface area contributed by atoms with E-state index in [1.165, 1.54) is 28.6 Å². The third kappa shape index (κ3) is 11.2. The first-order valence-electron chi connectivity index (χ1n) is 13.5. The highest BCUT2D eigenvalue weighted by atomic mass is 35.5. The van der Waals surface area contributed by atoms with Crippen LogP contribution in [0.25, 0.3) is 0 Å². The van der Waals surface area contributed by atoms with E-state index in [2.05, 4.69) is 60.0 Å². The zero-order valence-electron chi connectivity index (χ0n) is 23.4. The molecule has 8 nitrogen and oxygen atoms in total. The van der Waals surface area contributed by atoms with Gasteiger partial charge < -0.3 is 19.8 Å². The summed E-state index contributed by atoms with van der Waals surface area (Å²) in [6, 6.07) is 15.4. The second kappa shape index (κ2) is 17.2. The number of hydrogen-bond donors (Lipinski definition) is 2. The number of carbonyl (C=O) groups excluding carboxylic acids is 1. The number of hydrogen-bond acceptors (Lipinski definition) is 6. The Morgan fingerprint density at radius 3 is 2.25 bits per heavy atom. The van der Waals surface area contributed by atoms with Crippen molar-refractivity contribution in [2.24, 2.45) is 0 Å². The number of aryl methyl sites for hydroxylation is 2. The summed E-state index contributed by atoms with van der Waals surface area (Å²) in [5, 5.41) is 16.4. The predicted octanol–water partition coefficient (Wildman–Crippen LogP) is 5.90. The summed E-state index contributed by atoms with van der Waals surface area (Å²) in [5.74, 6) is -2.78. The van der Waals surface area contributed by atoms with Gasteiger partial charge in [0.1, 0.15) is 0 Å². The Morgan fingerprint density at radius 2 is 1.62 bits per heavy atom. The number of carboxylic acid groups (broad SMARTS) is 2. The third-order valence-electron chi connectivity index (χ3n) is 6.34. The van der Waals surface area contributed by atoms with Gasteiger partial charge in [0, 0.05) is 53.8 Å². The number of para-hydroxylation sites is 1. The van der Waals surface area contributed by atoms with Crippen molar-refractivity contribution in [2.75, 3.05) is 31.1 Å². The summed E-state index contributed by atoms with van der Waals surface area (Å²) in [5.41, 5.74) is 5.29. The number of anilines is 2. The Bertz CT molecular complexity index is 1180. The monoisotopic (exact) mass is 570 g/mol. The number of unbranched alkanes of at least 4 members (excludes halogenated alkanes) is 1. The van der Waals surface area contributed by atoms with Crippen LogP contribution < -0.4 is 4.90 Å². The predicted molar refractivity (Wildman–Crippen MR) is 158 cm³/mol. The van der Waals surface area contributed by atoms with Crippen LogP contribution in [0.15, 0.2) is 66.8 Å². The normalized spacial score (nSPS) is 12.6. The Hall–Kier alpha value is -3.62.